The average Bonchev–Trinajstić information content (AvgIpc) is 2.07. The van der Waals surface area contributed by atoms with Crippen molar-refractivity contribution in [3.05, 3.63) is 24.3 Å². The van der Waals surface area contributed by atoms with E-state index in [1.54, 1.807) is 0 Å². The van der Waals surface area contributed by atoms with Gasteiger partial charge < -0.3 is 5.32 Å². The van der Waals surface area contributed by atoms with E-state index in [4.69, 9.17) is 0 Å². The molecule has 1 aromatic rings. The molecule has 0 aliphatic heterocycles. The zero-order valence-corrected chi connectivity index (χ0v) is 7.58. The summed E-state index contributed by atoms with van der Waals surface area (Å²) < 4.78 is 12.9. The fourth-order valence-corrected chi connectivity index (χ4v) is 0.897. The molecule has 0 aliphatic carbocycles. The van der Waals surface area contributed by atoms with Crippen LogP contribution in [0.25, 0.3) is 0 Å². The van der Waals surface area contributed by atoms with E-state index in [1.807, 2.05) is 0 Å². The van der Waals surface area contributed by atoms with Gasteiger partial charge in [-0.2, -0.15) is 0 Å². The van der Waals surface area contributed by atoms with Gasteiger partial charge in [-0.05, 0) is 13.0 Å². The molecule has 0 atom stereocenters. The lowest BCUT2D eigenvalue weighted by atomic mass is 10.3. The molecule has 1 aromatic heterocycles. The van der Waals surface area contributed by atoms with Crippen molar-refractivity contribution in [2.45, 2.75) is 13.3 Å². The number of amides is 1. The smallest absolute Gasteiger partial charge is 0.231 e. The standard InChI is InChI=1S/C9H9FN2O2/c1-6(13)4-9(14)12-8-2-3-11-5-7(8)10/h2-3,5H,4H2,1H3,(H,11,12,14). The Hall–Kier alpha value is -1.78. The van der Waals surface area contributed by atoms with Gasteiger partial charge in [0, 0.05) is 6.20 Å². The fourth-order valence-electron chi connectivity index (χ4n) is 0.897. The summed E-state index contributed by atoms with van der Waals surface area (Å²) in [5, 5.41) is 2.27. The van der Waals surface area contributed by atoms with Crippen molar-refractivity contribution in [2.24, 2.45) is 0 Å². The van der Waals surface area contributed by atoms with Crippen LogP contribution in [0.15, 0.2) is 18.5 Å². The first kappa shape index (κ1) is 10.3. The Morgan fingerprint density at radius 1 is 1.57 bits per heavy atom. The third kappa shape index (κ3) is 2.93. The lowest BCUT2D eigenvalue weighted by molar-refractivity contribution is -0.124. The highest BCUT2D eigenvalue weighted by Crippen LogP contribution is 2.10. The first-order valence-electron chi connectivity index (χ1n) is 3.98. The minimum Gasteiger partial charge on any atom is -0.323 e. The molecule has 0 bridgehead atoms. The largest absolute Gasteiger partial charge is 0.323 e. The molecular weight excluding hydrogens is 187 g/mol. The van der Waals surface area contributed by atoms with Crippen LogP contribution in [0.2, 0.25) is 0 Å². The van der Waals surface area contributed by atoms with Crippen molar-refractivity contribution < 1.29 is 14.0 Å². The summed E-state index contributed by atoms with van der Waals surface area (Å²) in [6.07, 6.45) is 2.09. The number of hydrogen-bond donors (Lipinski definition) is 1. The molecule has 0 saturated heterocycles. The van der Waals surface area contributed by atoms with Crippen molar-refractivity contribution in [3.8, 4) is 0 Å². The van der Waals surface area contributed by atoms with Gasteiger partial charge in [-0.1, -0.05) is 0 Å². The quantitative estimate of drug-likeness (QED) is 0.737. The fraction of sp³-hybridized carbons (Fsp3) is 0.222. The summed E-state index contributed by atoms with van der Waals surface area (Å²) in [6, 6.07) is 1.33. The summed E-state index contributed by atoms with van der Waals surface area (Å²) in [5.74, 6) is -1.41. The van der Waals surface area contributed by atoms with Gasteiger partial charge in [0.05, 0.1) is 18.3 Å². The summed E-state index contributed by atoms with van der Waals surface area (Å²) >= 11 is 0. The summed E-state index contributed by atoms with van der Waals surface area (Å²) in [4.78, 5) is 25.1. The maximum Gasteiger partial charge on any atom is 0.231 e. The molecule has 0 saturated carbocycles. The maximum atomic E-state index is 12.9. The number of carbonyl (C=O) groups excluding carboxylic acids is 2. The number of rotatable bonds is 3. The van der Waals surface area contributed by atoms with Gasteiger partial charge in [-0.25, -0.2) is 4.39 Å². The number of anilines is 1. The van der Waals surface area contributed by atoms with E-state index in [1.165, 1.54) is 19.2 Å². The van der Waals surface area contributed by atoms with Gasteiger partial charge in [-0.15, -0.1) is 0 Å². The molecule has 14 heavy (non-hydrogen) atoms. The van der Waals surface area contributed by atoms with Gasteiger partial charge >= 0.3 is 0 Å². The highest BCUT2D eigenvalue weighted by molar-refractivity contribution is 6.03. The molecule has 1 N–H and O–H groups in total. The Morgan fingerprint density at radius 2 is 2.29 bits per heavy atom. The first-order valence-corrected chi connectivity index (χ1v) is 3.98. The third-order valence-corrected chi connectivity index (χ3v) is 1.46. The summed E-state index contributed by atoms with van der Waals surface area (Å²) in [5.41, 5.74) is 0.0336. The SMILES string of the molecule is CC(=O)CC(=O)Nc1ccncc1F. The maximum absolute atomic E-state index is 12.9. The molecule has 0 unspecified atom stereocenters. The Labute approximate surface area is 80.1 Å². The lowest BCUT2D eigenvalue weighted by Crippen LogP contribution is -2.15. The van der Waals surface area contributed by atoms with Gasteiger partial charge in [-0.3, -0.25) is 14.6 Å². The second kappa shape index (κ2) is 4.45. The van der Waals surface area contributed by atoms with Gasteiger partial charge in [0.25, 0.3) is 0 Å². The summed E-state index contributed by atoms with van der Waals surface area (Å²) in [7, 11) is 0. The molecule has 0 aliphatic rings. The van der Waals surface area contributed by atoms with E-state index in [2.05, 4.69) is 10.3 Å². The highest BCUT2D eigenvalue weighted by atomic mass is 19.1. The molecular formula is C9H9FN2O2. The van der Waals surface area contributed by atoms with E-state index in [0.717, 1.165) is 6.20 Å². The number of Topliss-reactive ketones (excluding diaryl/α,β-unsaturated/α-hetero) is 1. The number of hydrogen-bond acceptors (Lipinski definition) is 3. The molecule has 1 heterocycles. The van der Waals surface area contributed by atoms with E-state index in [0.29, 0.717) is 0 Å². The number of carbonyl (C=O) groups is 2. The van der Waals surface area contributed by atoms with Crippen LogP contribution < -0.4 is 5.32 Å². The summed E-state index contributed by atoms with van der Waals surface area (Å²) in [6.45, 7) is 1.29. The van der Waals surface area contributed by atoms with E-state index in [9.17, 15) is 14.0 Å². The predicted molar refractivity (Wildman–Crippen MR) is 48.1 cm³/mol. The third-order valence-electron chi connectivity index (χ3n) is 1.46. The zero-order chi connectivity index (χ0) is 10.6. The Morgan fingerprint density at radius 3 is 2.86 bits per heavy atom. The van der Waals surface area contributed by atoms with Crippen LogP contribution in [0, 0.1) is 5.82 Å². The monoisotopic (exact) mass is 196 g/mol. The minimum absolute atomic E-state index is 0.0336. The van der Waals surface area contributed by atoms with Gasteiger partial charge in [0.2, 0.25) is 5.91 Å². The van der Waals surface area contributed by atoms with Crippen molar-refractivity contribution in [2.75, 3.05) is 5.32 Å². The van der Waals surface area contributed by atoms with Crippen LogP contribution in [0.5, 0.6) is 0 Å². The molecule has 74 valence electrons. The predicted octanol–water partition coefficient (Wildman–Crippen LogP) is 1.14. The number of ketones is 1. The normalized spacial score (nSPS) is 9.57. The molecule has 0 radical (unpaired) electrons. The lowest BCUT2D eigenvalue weighted by Gasteiger charge is -2.03. The molecule has 1 rings (SSSR count). The number of nitrogens with zero attached hydrogens (tertiary/aromatic N) is 1. The molecule has 1 amide bonds. The van der Waals surface area contributed by atoms with Crippen LogP contribution >= 0.6 is 0 Å². The van der Waals surface area contributed by atoms with Gasteiger partial charge in [0.15, 0.2) is 5.82 Å². The number of pyridine rings is 1. The van der Waals surface area contributed by atoms with Crippen LogP contribution in [0.3, 0.4) is 0 Å². The topological polar surface area (TPSA) is 59.1 Å². The number of halogens is 1. The Bertz CT molecular complexity index is 366. The average molecular weight is 196 g/mol. The van der Waals surface area contributed by atoms with Crippen molar-refractivity contribution >= 4 is 17.4 Å². The van der Waals surface area contributed by atoms with Crippen LogP contribution in [0.1, 0.15) is 13.3 Å². The molecule has 0 fully saturated rings. The first-order chi connectivity index (χ1) is 6.59. The van der Waals surface area contributed by atoms with Crippen molar-refractivity contribution in [1.82, 2.24) is 4.98 Å². The van der Waals surface area contributed by atoms with Crippen LogP contribution in [0.4, 0.5) is 10.1 Å². The number of aromatic nitrogens is 1. The van der Waals surface area contributed by atoms with E-state index >= 15 is 0 Å². The molecule has 0 aromatic carbocycles. The molecule has 0 spiro atoms. The van der Waals surface area contributed by atoms with Crippen molar-refractivity contribution in [1.29, 1.82) is 0 Å². The zero-order valence-electron chi connectivity index (χ0n) is 7.58. The Balaban J connectivity index is 2.65. The Kier molecular flexibility index (Phi) is 3.28. The highest BCUT2D eigenvalue weighted by Gasteiger charge is 2.08. The van der Waals surface area contributed by atoms with Crippen LogP contribution in [-0.2, 0) is 9.59 Å². The van der Waals surface area contributed by atoms with Gasteiger partial charge in [0.1, 0.15) is 5.78 Å². The molecule has 5 heteroatoms. The molecule has 4 nitrogen and oxygen atoms in total. The number of nitrogens with one attached hydrogen (secondary N) is 1. The second-order valence-electron chi connectivity index (χ2n) is 2.78. The van der Waals surface area contributed by atoms with Crippen molar-refractivity contribution in [3.63, 3.8) is 0 Å². The van der Waals surface area contributed by atoms with E-state index < -0.39 is 11.7 Å². The second-order valence-corrected chi connectivity index (χ2v) is 2.78. The van der Waals surface area contributed by atoms with Crippen LogP contribution in [-0.4, -0.2) is 16.7 Å². The minimum atomic E-state index is -0.621. The van der Waals surface area contributed by atoms with E-state index in [-0.39, 0.29) is 17.9 Å².